The molecule has 0 N–H and O–H groups in total. The van der Waals surface area contributed by atoms with Gasteiger partial charge in [-0.3, -0.25) is 4.90 Å². The van der Waals surface area contributed by atoms with Gasteiger partial charge in [-0.05, 0) is 58.0 Å². The molecule has 0 unspecified atom stereocenters. The molecule has 1 saturated heterocycles. The summed E-state index contributed by atoms with van der Waals surface area (Å²) in [5.41, 5.74) is 3.15. The van der Waals surface area contributed by atoms with Crippen LogP contribution in [0.4, 0.5) is 10.1 Å². The summed E-state index contributed by atoms with van der Waals surface area (Å²) < 4.78 is 26.3. The molecule has 36 heavy (non-hydrogen) atoms. The van der Waals surface area contributed by atoms with Crippen molar-refractivity contribution in [3.05, 3.63) is 95.6 Å². The van der Waals surface area contributed by atoms with E-state index in [0.717, 1.165) is 43.1 Å². The van der Waals surface area contributed by atoms with Crippen LogP contribution in [-0.4, -0.2) is 65.5 Å². The predicted molar refractivity (Wildman–Crippen MR) is 135 cm³/mol. The normalized spacial score (nSPS) is 15.0. The second-order valence-electron chi connectivity index (χ2n) is 8.70. The zero-order chi connectivity index (χ0) is 24.9. The Labute approximate surface area is 209 Å². The number of nitrogens with zero attached hydrogens (tertiary/aromatic N) is 6. The monoisotopic (exact) mass is 488 g/mol. The molecule has 1 aliphatic heterocycles. The second kappa shape index (κ2) is 10.7. The van der Waals surface area contributed by atoms with Gasteiger partial charge in [-0.25, -0.2) is 9.07 Å². The first-order valence-corrected chi connectivity index (χ1v) is 11.9. The Balaban J connectivity index is 1.47. The van der Waals surface area contributed by atoms with Crippen molar-refractivity contribution in [2.75, 3.05) is 45.3 Å². The van der Waals surface area contributed by atoms with Crippen molar-refractivity contribution in [2.24, 2.45) is 0 Å². The molecule has 3 aromatic carbocycles. The molecular formula is C27H29FN6O2. The number of anilines is 1. The summed E-state index contributed by atoms with van der Waals surface area (Å²) in [4.78, 5) is 4.79. The van der Waals surface area contributed by atoms with E-state index in [1.807, 2.05) is 24.3 Å². The SMILES string of the molecule is COc1ccc([C@H](c2nnnn2Cc2ccc(F)cc2)N2CCN(c3ccccc3)CC2)cc1OC. The summed E-state index contributed by atoms with van der Waals surface area (Å²) in [6, 6.07) is 22.6. The fraction of sp³-hybridized carbons (Fsp3) is 0.296. The van der Waals surface area contributed by atoms with Crippen LogP contribution in [-0.2, 0) is 6.54 Å². The minimum absolute atomic E-state index is 0.196. The third-order valence-corrected chi connectivity index (χ3v) is 6.57. The van der Waals surface area contributed by atoms with Crippen LogP contribution in [0.15, 0.2) is 72.8 Å². The topological polar surface area (TPSA) is 68.5 Å². The van der Waals surface area contributed by atoms with Crippen molar-refractivity contribution < 1.29 is 13.9 Å². The van der Waals surface area contributed by atoms with Gasteiger partial charge in [0.05, 0.1) is 26.8 Å². The van der Waals surface area contributed by atoms with Gasteiger partial charge in [0.1, 0.15) is 5.82 Å². The predicted octanol–water partition coefficient (Wildman–Crippen LogP) is 3.79. The number of hydrogen-bond donors (Lipinski definition) is 0. The summed E-state index contributed by atoms with van der Waals surface area (Å²) in [7, 11) is 3.26. The third-order valence-electron chi connectivity index (χ3n) is 6.57. The molecule has 0 spiro atoms. The van der Waals surface area contributed by atoms with Gasteiger partial charge in [-0.2, -0.15) is 0 Å². The smallest absolute Gasteiger partial charge is 0.173 e. The van der Waals surface area contributed by atoms with Crippen LogP contribution < -0.4 is 14.4 Å². The Hall–Kier alpha value is -3.98. The minimum atomic E-state index is -0.268. The van der Waals surface area contributed by atoms with E-state index >= 15 is 0 Å². The fourth-order valence-corrected chi connectivity index (χ4v) is 4.71. The van der Waals surface area contributed by atoms with Crippen LogP contribution in [0.3, 0.4) is 0 Å². The van der Waals surface area contributed by atoms with Gasteiger partial charge in [0, 0.05) is 31.9 Å². The number of rotatable bonds is 8. The quantitative estimate of drug-likeness (QED) is 0.374. The first kappa shape index (κ1) is 23.7. The number of piperazine rings is 1. The molecule has 186 valence electrons. The number of benzene rings is 3. The Morgan fingerprint density at radius 3 is 2.28 bits per heavy atom. The zero-order valence-corrected chi connectivity index (χ0v) is 20.4. The average Bonchev–Trinajstić information content (AvgIpc) is 3.38. The van der Waals surface area contributed by atoms with Crippen LogP contribution in [0.2, 0.25) is 0 Å². The van der Waals surface area contributed by atoms with Crippen molar-refractivity contribution in [1.29, 1.82) is 0 Å². The number of aromatic nitrogens is 4. The molecule has 0 amide bonds. The van der Waals surface area contributed by atoms with E-state index in [1.54, 1.807) is 31.0 Å². The maximum atomic E-state index is 13.4. The van der Waals surface area contributed by atoms with E-state index in [9.17, 15) is 4.39 Å². The van der Waals surface area contributed by atoms with E-state index in [-0.39, 0.29) is 11.9 Å². The molecule has 1 aromatic heterocycles. The van der Waals surface area contributed by atoms with E-state index < -0.39 is 0 Å². The van der Waals surface area contributed by atoms with Gasteiger partial charge >= 0.3 is 0 Å². The molecule has 1 fully saturated rings. The Bertz CT molecular complexity index is 1270. The van der Waals surface area contributed by atoms with Crippen molar-refractivity contribution in [3.63, 3.8) is 0 Å². The number of hydrogen-bond acceptors (Lipinski definition) is 7. The summed E-state index contributed by atoms with van der Waals surface area (Å²) in [5.74, 6) is 1.77. The molecular weight excluding hydrogens is 459 g/mol. The molecule has 5 rings (SSSR count). The number of methoxy groups -OCH3 is 2. The molecule has 0 radical (unpaired) electrons. The number of ether oxygens (including phenoxy) is 2. The van der Waals surface area contributed by atoms with Crippen molar-refractivity contribution >= 4 is 5.69 Å². The highest BCUT2D eigenvalue weighted by Crippen LogP contribution is 2.35. The van der Waals surface area contributed by atoms with Crippen LogP contribution in [0.1, 0.15) is 23.0 Å². The standard InChI is InChI=1S/C27H29FN6O2/c1-35-24-13-10-21(18-25(24)36-2)26(33-16-14-32(15-17-33)23-6-4-3-5-7-23)27-29-30-31-34(27)19-20-8-11-22(28)12-9-20/h3-13,18,26H,14-17,19H2,1-2H3/t26-/m1/s1. The number of tetrazole rings is 1. The van der Waals surface area contributed by atoms with Crippen LogP contribution in [0.5, 0.6) is 11.5 Å². The van der Waals surface area contributed by atoms with Crippen molar-refractivity contribution in [1.82, 2.24) is 25.1 Å². The van der Waals surface area contributed by atoms with Gasteiger partial charge in [0.25, 0.3) is 0 Å². The van der Waals surface area contributed by atoms with Crippen LogP contribution in [0, 0.1) is 5.82 Å². The van der Waals surface area contributed by atoms with Crippen LogP contribution in [0.25, 0.3) is 0 Å². The maximum absolute atomic E-state index is 13.4. The lowest BCUT2D eigenvalue weighted by Gasteiger charge is -2.40. The molecule has 0 bridgehead atoms. The highest BCUT2D eigenvalue weighted by atomic mass is 19.1. The highest BCUT2D eigenvalue weighted by Gasteiger charge is 2.31. The largest absolute Gasteiger partial charge is 0.493 e. The maximum Gasteiger partial charge on any atom is 0.173 e. The van der Waals surface area contributed by atoms with Gasteiger partial charge in [-0.15, -0.1) is 5.10 Å². The Morgan fingerprint density at radius 2 is 1.58 bits per heavy atom. The van der Waals surface area contributed by atoms with Gasteiger partial charge in [0.15, 0.2) is 17.3 Å². The van der Waals surface area contributed by atoms with E-state index in [1.165, 1.54) is 17.8 Å². The summed E-state index contributed by atoms with van der Waals surface area (Å²) >= 11 is 0. The van der Waals surface area contributed by atoms with E-state index in [2.05, 4.69) is 49.6 Å². The van der Waals surface area contributed by atoms with E-state index in [0.29, 0.717) is 18.0 Å². The molecule has 0 saturated carbocycles. The summed E-state index contributed by atoms with van der Waals surface area (Å²) in [6.45, 7) is 3.87. The molecule has 8 nitrogen and oxygen atoms in total. The molecule has 9 heteroatoms. The van der Waals surface area contributed by atoms with Gasteiger partial charge < -0.3 is 14.4 Å². The lowest BCUT2D eigenvalue weighted by Crippen LogP contribution is -2.48. The lowest BCUT2D eigenvalue weighted by molar-refractivity contribution is 0.201. The molecule has 0 aliphatic carbocycles. The average molecular weight is 489 g/mol. The first-order valence-electron chi connectivity index (χ1n) is 11.9. The molecule has 1 atom stereocenters. The Morgan fingerprint density at radius 1 is 0.861 bits per heavy atom. The molecule has 1 aliphatic rings. The summed E-state index contributed by atoms with van der Waals surface area (Å²) in [5, 5.41) is 12.8. The minimum Gasteiger partial charge on any atom is -0.493 e. The zero-order valence-electron chi connectivity index (χ0n) is 20.4. The summed E-state index contributed by atoms with van der Waals surface area (Å²) in [6.07, 6.45) is 0. The van der Waals surface area contributed by atoms with Crippen molar-refractivity contribution in [2.45, 2.75) is 12.6 Å². The number of halogens is 1. The van der Waals surface area contributed by atoms with Gasteiger partial charge in [0.2, 0.25) is 0 Å². The Kier molecular flexibility index (Phi) is 7.08. The number of para-hydroxylation sites is 1. The highest BCUT2D eigenvalue weighted by molar-refractivity contribution is 5.47. The van der Waals surface area contributed by atoms with Gasteiger partial charge in [-0.1, -0.05) is 36.4 Å². The first-order chi connectivity index (χ1) is 17.7. The van der Waals surface area contributed by atoms with E-state index in [4.69, 9.17) is 9.47 Å². The van der Waals surface area contributed by atoms with Crippen molar-refractivity contribution in [3.8, 4) is 11.5 Å². The lowest BCUT2D eigenvalue weighted by atomic mass is 10.0. The van der Waals surface area contributed by atoms with Crippen LogP contribution >= 0.6 is 0 Å². The second-order valence-corrected chi connectivity index (χ2v) is 8.70. The molecule has 4 aromatic rings. The molecule has 2 heterocycles. The fourth-order valence-electron chi connectivity index (χ4n) is 4.71. The third kappa shape index (κ3) is 5.01.